The van der Waals surface area contributed by atoms with E-state index < -0.39 is 5.97 Å². The van der Waals surface area contributed by atoms with Crippen LogP contribution in [0.1, 0.15) is 44.3 Å². The number of carbonyl (C=O) groups excluding carboxylic acids is 2. The van der Waals surface area contributed by atoms with Crippen molar-refractivity contribution in [1.82, 2.24) is 19.6 Å². The van der Waals surface area contributed by atoms with E-state index in [1.807, 2.05) is 26.0 Å². The van der Waals surface area contributed by atoms with E-state index in [4.69, 9.17) is 4.74 Å². The summed E-state index contributed by atoms with van der Waals surface area (Å²) in [6.45, 7) is 4.30. The molecule has 0 atom stereocenters. The molecule has 0 aliphatic carbocycles. The second-order valence-electron chi connectivity index (χ2n) is 6.54. The summed E-state index contributed by atoms with van der Waals surface area (Å²) in [5.74, 6) is -0.216. The van der Waals surface area contributed by atoms with Crippen molar-refractivity contribution in [2.45, 2.75) is 26.7 Å². The summed E-state index contributed by atoms with van der Waals surface area (Å²) >= 11 is 0. The summed E-state index contributed by atoms with van der Waals surface area (Å²) in [6, 6.07) is 7.19. The molecule has 2 aromatic heterocycles. The number of benzene rings is 1. The summed E-state index contributed by atoms with van der Waals surface area (Å²) < 4.78 is 6.43. The molecule has 0 radical (unpaired) electrons. The van der Waals surface area contributed by atoms with Gasteiger partial charge in [-0.15, -0.1) is 5.10 Å². The van der Waals surface area contributed by atoms with Crippen LogP contribution in [0.2, 0.25) is 0 Å². The van der Waals surface area contributed by atoms with Gasteiger partial charge in [-0.25, -0.2) is 14.3 Å². The predicted octanol–water partition coefficient (Wildman–Crippen LogP) is 2.12. The Hall–Kier alpha value is -3.29. The number of fused-ring (bicyclic) bond motifs is 2. The first-order chi connectivity index (χ1) is 13.0. The van der Waals surface area contributed by atoms with Gasteiger partial charge in [0.1, 0.15) is 0 Å². The maximum Gasteiger partial charge on any atom is 0.338 e. The number of hydrogen-bond acceptors (Lipinski definition) is 6. The lowest BCUT2D eigenvalue weighted by molar-refractivity contribution is 0.0599. The van der Waals surface area contributed by atoms with Crippen molar-refractivity contribution in [3.63, 3.8) is 0 Å². The average molecular weight is 365 g/mol. The summed E-state index contributed by atoms with van der Waals surface area (Å²) in [7, 11) is 1.35. The second-order valence-corrected chi connectivity index (χ2v) is 6.54. The Labute approximate surface area is 155 Å². The van der Waals surface area contributed by atoms with Crippen LogP contribution in [0.25, 0.3) is 5.78 Å². The average Bonchev–Trinajstić information content (AvgIpc) is 3.10. The topological polar surface area (TPSA) is 89.7 Å². The number of amides is 1. The minimum Gasteiger partial charge on any atom is -0.465 e. The fourth-order valence-corrected chi connectivity index (χ4v) is 3.51. The maximum atomic E-state index is 13.1. The zero-order valence-corrected chi connectivity index (χ0v) is 15.4. The quantitative estimate of drug-likeness (QED) is 0.646. The number of aryl methyl sites for hydroxylation is 2. The Bertz CT molecular complexity index is 1070. The van der Waals surface area contributed by atoms with E-state index in [0.29, 0.717) is 30.0 Å². The van der Waals surface area contributed by atoms with Crippen molar-refractivity contribution in [1.29, 1.82) is 0 Å². The van der Waals surface area contributed by atoms with Crippen LogP contribution in [0, 0.1) is 13.8 Å². The molecule has 0 spiro atoms. The first-order valence-corrected chi connectivity index (χ1v) is 8.72. The van der Waals surface area contributed by atoms with Crippen molar-refractivity contribution >= 4 is 23.3 Å². The number of ether oxygens (including phenoxy) is 1. The number of anilines is 1. The van der Waals surface area contributed by atoms with Crippen LogP contribution in [0.5, 0.6) is 0 Å². The molecule has 138 valence electrons. The van der Waals surface area contributed by atoms with E-state index >= 15 is 0 Å². The van der Waals surface area contributed by atoms with Crippen LogP contribution < -0.4 is 4.90 Å². The van der Waals surface area contributed by atoms with Crippen molar-refractivity contribution in [2.75, 3.05) is 18.6 Å². The molecule has 4 rings (SSSR count). The summed E-state index contributed by atoms with van der Waals surface area (Å²) in [5, 5.41) is 4.34. The Morgan fingerprint density at radius 1 is 1.19 bits per heavy atom. The Morgan fingerprint density at radius 3 is 2.78 bits per heavy atom. The largest absolute Gasteiger partial charge is 0.465 e. The van der Waals surface area contributed by atoms with Gasteiger partial charge in [0.15, 0.2) is 0 Å². The van der Waals surface area contributed by atoms with Gasteiger partial charge >= 0.3 is 5.97 Å². The molecule has 0 unspecified atom stereocenters. The highest BCUT2D eigenvalue weighted by Crippen LogP contribution is 2.31. The summed E-state index contributed by atoms with van der Waals surface area (Å²) in [6.07, 6.45) is 1.46. The summed E-state index contributed by atoms with van der Waals surface area (Å²) in [4.78, 5) is 35.5. The Morgan fingerprint density at radius 2 is 2.00 bits per heavy atom. The van der Waals surface area contributed by atoms with Crippen LogP contribution in [0.3, 0.4) is 0 Å². The molecule has 8 heteroatoms. The maximum absolute atomic E-state index is 13.1. The highest BCUT2D eigenvalue weighted by molar-refractivity contribution is 6.05. The highest BCUT2D eigenvalue weighted by Gasteiger charge is 2.29. The molecule has 3 heterocycles. The van der Waals surface area contributed by atoms with Crippen LogP contribution in [0.15, 0.2) is 24.3 Å². The fraction of sp³-hybridized carbons (Fsp3) is 0.316. The van der Waals surface area contributed by atoms with E-state index in [1.54, 1.807) is 21.5 Å². The van der Waals surface area contributed by atoms with Gasteiger partial charge in [0.2, 0.25) is 5.82 Å². The zero-order chi connectivity index (χ0) is 19.1. The molecule has 0 N–H and O–H groups in total. The third-order valence-corrected chi connectivity index (χ3v) is 4.71. The Balaban J connectivity index is 1.76. The number of aromatic nitrogens is 4. The highest BCUT2D eigenvalue weighted by atomic mass is 16.5. The molecule has 1 aliphatic heterocycles. The van der Waals surface area contributed by atoms with Crippen molar-refractivity contribution in [3.05, 3.63) is 52.6 Å². The smallest absolute Gasteiger partial charge is 0.338 e. The van der Waals surface area contributed by atoms with Crippen LogP contribution in [-0.2, 0) is 11.2 Å². The van der Waals surface area contributed by atoms with Crippen molar-refractivity contribution < 1.29 is 14.3 Å². The first kappa shape index (κ1) is 17.1. The van der Waals surface area contributed by atoms with Crippen molar-refractivity contribution in [3.8, 4) is 0 Å². The zero-order valence-electron chi connectivity index (χ0n) is 15.4. The van der Waals surface area contributed by atoms with E-state index in [1.165, 1.54) is 7.11 Å². The molecule has 0 saturated heterocycles. The number of hydrogen-bond donors (Lipinski definition) is 0. The molecule has 1 aliphatic rings. The number of methoxy groups -OCH3 is 1. The van der Waals surface area contributed by atoms with Gasteiger partial charge in [0, 0.05) is 23.6 Å². The number of nitrogens with zero attached hydrogens (tertiary/aromatic N) is 5. The lowest BCUT2D eigenvalue weighted by Gasteiger charge is -2.29. The minimum absolute atomic E-state index is 0.0903. The third-order valence-electron chi connectivity index (χ3n) is 4.71. The standard InChI is InChI=1S/C19H19N5O3/c1-11-10-12(2)24-19(20-11)21-16(22-24)17(25)23-9-5-7-13-14(18(26)27-3)6-4-8-15(13)23/h4,6,8,10H,5,7,9H2,1-3H3. The monoisotopic (exact) mass is 365 g/mol. The molecule has 0 bridgehead atoms. The normalized spacial score (nSPS) is 13.5. The van der Waals surface area contributed by atoms with Gasteiger partial charge < -0.3 is 9.64 Å². The molecule has 1 amide bonds. The SMILES string of the molecule is COC(=O)c1cccc2c1CCCN2C(=O)c1nc2nc(C)cc(C)n2n1. The van der Waals surface area contributed by atoms with Gasteiger partial charge in [0.05, 0.1) is 12.7 Å². The first-order valence-electron chi connectivity index (χ1n) is 8.72. The Kier molecular flexibility index (Phi) is 4.10. The molecule has 1 aromatic carbocycles. The summed E-state index contributed by atoms with van der Waals surface area (Å²) in [5.41, 5.74) is 3.68. The number of rotatable bonds is 2. The third kappa shape index (κ3) is 2.83. The molecule has 0 saturated carbocycles. The molecule has 27 heavy (non-hydrogen) atoms. The molecule has 3 aromatic rings. The fourth-order valence-electron chi connectivity index (χ4n) is 3.51. The number of carbonyl (C=O) groups is 2. The van der Waals surface area contributed by atoms with Crippen LogP contribution in [0.4, 0.5) is 5.69 Å². The van der Waals surface area contributed by atoms with Crippen LogP contribution in [-0.4, -0.2) is 45.1 Å². The minimum atomic E-state index is -0.401. The molecular weight excluding hydrogens is 346 g/mol. The lowest BCUT2D eigenvalue weighted by Crippen LogP contribution is -2.36. The van der Waals surface area contributed by atoms with E-state index in [2.05, 4.69) is 15.1 Å². The predicted molar refractivity (Wildman–Crippen MR) is 98.0 cm³/mol. The van der Waals surface area contributed by atoms with Gasteiger partial charge in [0.25, 0.3) is 11.7 Å². The lowest BCUT2D eigenvalue weighted by atomic mass is 9.96. The second kappa shape index (κ2) is 6.46. The van der Waals surface area contributed by atoms with E-state index in [-0.39, 0.29) is 11.7 Å². The van der Waals surface area contributed by atoms with Gasteiger partial charge in [-0.2, -0.15) is 4.98 Å². The van der Waals surface area contributed by atoms with Crippen LogP contribution >= 0.6 is 0 Å². The molecule has 8 nitrogen and oxygen atoms in total. The number of esters is 1. The van der Waals surface area contributed by atoms with E-state index in [0.717, 1.165) is 23.4 Å². The van der Waals surface area contributed by atoms with E-state index in [9.17, 15) is 9.59 Å². The van der Waals surface area contributed by atoms with Crippen molar-refractivity contribution in [2.24, 2.45) is 0 Å². The van der Waals surface area contributed by atoms with Gasteiger partial charge in [-0.05, 0) is 50.5 Å². The van der Waals surface area contributed by atoms with Gasteiger partial charge in [-0.1, -0.05) is 6.07 Å². The molecular formula is C19H19N5O3. The molecule has 0 fully saturated rings. The van der Waals surface area contributed by atoms with Gasteiger partial charge in [-0.3, -0.25) is 4.79 Å².